The molecule has 0 saturated heterocycles. The van der Waals surface area contributed by atoms with E-state index in [1.54, 1.807) is 24.3 Å². The third kappa shape index (κ3) is 3.59. The Morgan fingerprint density at radius 3 is 2.71 bits per heavy atom. The molecule has 0 fully saturated rings. The normalized spacial score (nSPS) is 10.3. The lowest BCUT2D eigenvalue weighted by molar-refractivity contribution is -0.116. The number of aryl methyl sites for hydroxylation is 2. The highest BCUT2D eigenvalue weighted by Crippen LogP contribution is 2.11. The molecule has 2 aromatic rings. The van der Waals surface area contributed by atoms with E-state index in [0.717, 1.165) is 0 Å². The standard InChI is InChI=1S/C14H16N4O3/c1-17-7-8-18(14(21)13(17)20)6-5-12(19)16-11-4-2-3-10(15)9-11/h2-4,7-9H,5-6,15H2,1H3,(H,16,19). The minimum Gasteiger partial charge on any atom is -0.399 e. The van der Waals surface area contributed by atoms with Crippen LogP contribution in [-0.4, -0.2) is 15.0 Å². The molecule has 0 aliphatic heterocycles. The fourth-order valence-corrected chi connectivity index (χ4v) is 1.83. The molecule has 1 aromatic carbocycles. The smallest absolute Gasteiger partial charge is 0.316 e. The van der Waals surface area contributed by atoms with Gasteiger partial charge in [-0.3, -0.25) is 14.4 Å². The molecule has 0 atom stereocenters. The number of benzene rings is 1. The summed E-state index contributed by atoms with van der Waals surface area (Å²) in [7, 11) is 1.50. The summed E-state index contributed by atoms with van der Waals surface area (Å²) in [5, 5.41) is 2.68. The van der Waals surface area contributed by atoms with Crippen LogP contribution < -0.4 is 22.2 Å². The van der Waals surface area contributed by atoms with Crippen LogP contribution in [0, 0.1) is 0 Å². The van der Waals surface area contributed by atoms with E-state index in [-0.39, 0.29) is 18.9 Å². The van der Waals surface area contributed by atoms with Gasteiger partial charge in [0.15, 0.2) is 0 Å². The van der Waals surface area contributed by atoms with Gasteiger partial charge in [0.05, 0.1) is 0 Å². The maximum absolute atomic E-state index is 11.8. The Labute approximate surface area is 120 Å². The molecule has 7 heteroatoms. The zero-order valence-electron chi connectivity index (χ0n) is 11.6. The van der Waals surface area contributed by atoms with Crippen molar-refractivity contribution in [3.05, 3.63) is 57.4 Å². The van der Waals surface area contributed by atoms with E-state index in [9.17, 15) is 14.4 Å². The van der Waals surface area contributed by atoms with Crippen LogP contribution in [0.1, 0.15) is 6.42 Å². The highest BCUT2D eigenvalue weighted by atomic mass is 16.2. The van der Waals surface area contributed by atoms with E-state index in [0.29, 0.717) is 11.4 Å². The summed E-state index contributed by atoms with van der Waals surface area (Å²) in [6.45, 7) is 0.142. The van der Waals surface area contributed by atoms with Crippen LogP contribution in [0.3, 0.4) is 0 Å². The maximum Gasteiger partial charge on any atom is 0.316 e. The van der Waals surface area contributed by atoms with Gasteiger partial charge in [0, 0.05) is 43.8 Å². The molecule has 0 unspecified atom stereocenters. The number of aromatic nitrogens is 2. The largest absolute Gasteiger partial charge is 0.399 e. The first-order chi connectivity index (χ1) is 9.97. The number of rotatable bonds is 4. The summed E-state index contributed by atoms with van der Waals surface area (Å²) in [6.07, 6.45) is 3.05. The second-order valence-corrected chi connectivity index (χ2v) is 4.64. The lowest BCUT2D eigenvalue weighted by Crippen LogP contribution is -2.39. The Balaban J connectivity index is 2.00. The van der Waals surface area contributed by atoms with E-state index in [4.69, 9.17) is 5.73 Å². The second-order valence-electron chi connectivity index (χ2n) is 4.64. The average Bonchev–Trinajstić information content (AvgIpc) is 2.44. The van der Waals surface area contributed by atoms with Gasteiger partial charge in [-0.2, -0.15) is 0 Å². The minimum atomic E-state index is -0.642. The van der Waals surface area contributed by atoms with Gasteiger partial charge in [-0.15, -0.1) is 0 Å². The molecule has 110 valence electrons. The molecular weight excluding hydrogens is 272 g/mol. The Morgan fingerprint density at radius 2 is 2.00 bits per heavy atom. The molecular formula is C14H16N4O3. The van der Waals surface area contributed by atoms with Gasteiger partial charge in [0.1, 0.15) is 0 Å². The fourth-order valence-electron chi connectivity index (χ4n) is 1.83. The third-order valence-corrected chi connectivity index (χ3v) is 2.98. The average molecular weight is 288 g/mol. The predicted molar refractivity (Wildman–Crippen MR) is 80.0 cm³/mol. The number of nitrogens with zero attached hydrogens (tertiary/aromatic N) is 2. The molecule has 0 spiro atoms. The minimum absolute atomic E-state index is 0.0852. The summed E-state index contributed by atoms with van der Waals surface area (Å²) in [5.41, 5.74) is 5.50. The first kappa shape index (κ1) is 14.6. The molecule has 0 aliphatic carbocycles. The molecule has 21 heavy (non-hydrogen) atoms. The summed E-state index contributed by atoms with van der Waals surface area (Å²) in [6, 6.07) is 6.81. The van der Waals surface area contributed by atoms with Crippen molar-refractivity contribution in [3.8, 4) is 0 Å². The van der Waals surface area contributed by atoms with Gasteiger partial charge in [-0.1, -0.05) is 6.07 Å². The molecule has 0 bridgehead atoms. The molecule has 7 nitrogen and oxygen atoms in total. The van der Waals surface area contributed by atoms with Crippen molar-refractivity contribution in [2.45, 2.75) is 13.0 Å². The van der Waals surface area contributed by atoms with E-state index < -0.39 is 11.1 Å². The van der Waals surface area contributed by atoms with Crippen molar-refractivity contribution in [2.24, 2.45) is 7.05 Å². The van der Waals surface area contributed by atoms with Crippen LogP contribution in [0.15, 0.2) is 46.2 Å². The number of nitrogens with two attached hydrogens (primary N) is 1. The summed E-state index contributed by atoms with van der Waals surface area (Å²) >= 11 is 0. The number of nitrogen functional groups attached to an aromatic ring is 1. The van der Waals surface area contributed by atoms with E-state index in [1.165, 1.54) is 28.6 Å². The topological polar surface area (TPSA) is 99.1 Å². The lowest BCUT2D eigenvalue weighted by Gasteiger charge is -2.08. The maximum atomic E-state index is 11.8. The molecule has 1 heterocycles. The van der Waals surface area contributed by atoms with Gasteiger partial charge in [-0.05, 0) is 18.2 Å². The van der Waals surface area contributed by atoms with Crippen molar-refractivity contribution in [2.75, 3.05) is 11.1 Å². The number of anilines is 2. The molecule has 2 rings (SSSR count). The Bertz CT molecular complexity index is 776. The molecule has 0 saturated carbocycles. The molecule has 1 aromatic heterocycles. The van der Waals surface area contributed by atoms with Crippen LogP contribution in [-0.2, 0) is 18.4 Å². The van der Waals surface area contributed by atoms with Crippen LogP contribution >= 0.6 is 0 Å². The highest BCUT2D eigenvalue weighted by Gasteiger charge is 2.06. The molecule has 0 aliphatic rings. The van der Waals surface area contributed by atoms with Gasteiger partial charge >= 0.3 is 11.1 Å². The Kier molecular flexibility index (Phi) is 4.22. The lowest BCUT2D eigenvalue weighted by atomic mass is 10.2. The SMILES string of the molecule is Cn1ccn(CCC(=O)Nc2cccc(N)c2)c(=O)c1=O. The summed E-state index contributed by atoms with van der Waals surface area (Å²) in [5.74, 6) is -0.256. The number of carbonyl (C=O) groups excluding carboxylic acids is 1. The first-order valence-electron chi connectivity index (χ1n) is 6.39. The Hall–Kier alpha value is -2.83. The van der Waals surface area contributed by atoms with Crippen molar-refractivity contribution < 1.29 is 4.79 Å². The van der Waals surface area contributed by atoms with Crippen molar-refractivity contribution >= 4 is 17.3 Å². The number of hydrogen-bond donors (Lipinski definition) is 2. The number of amides is 1. The first-order valence-corrected chi connectivity index (χ1v) is 6.39. The zero-order chi connectivity index (χ0) is 15.4. The van der Waals surface area contributed by atoms with Crippen molar-refractivity contribution in [3.63, 3.8) is 0 Å². The zero-order valence-corrected chi connectivity index (χ0v) is 11.6. The number of carbonyl (C=O) groups is 1. The van der Waals surface area contributed by atoms with Gasteiger partial charge in [0.2, 0.25) is 5.91 Å². The van der Waals surface area contributed by atoms with E-state index in [1.807, 2.05) is 0 Å². The molecule has 3 N–H and O–H groups in total. The number of hydrogen-bond acceptors (Lipinski definition) is 4. The third-order valence-electron chi connectivity index (χ3n) is 2.98. The molecule has 1 amide bonds. The Morgan fingerprint density at radius 1 is 1.24 bits per heavy atom. The van der Waals surface area contributed by atoms with Crippen molar-refractivity contribution in [1.29, 1.82) is 0 Å². The second kappa shape index (κ2) is 6.08. The van der Waals surface area contributed by atoms with Crippen LogP contribution in [0.2, 0.25) is 0 Å². The number of nitrogens with one attached hydrogen (secondary N) is 1. The van der Waals surface area contributed by atoms with E-state index >= 15 is 0 Å². The van der Waals surface area contributed by atoms with E-state index in [2.05, 4.69) is 5.32 Å². The highest BCUT2D eigenvalue weighted by molar-refractivity contribution is 5.91. The van der Waals surface area contributed by atoms with Crippen molar-refractivity contribution in [1.82, 2.24) is 9.13 Å². The monoisotopic (exact) mass is 288 g/mol. The summed E-state index contributed by atoms with van der Waals surface area (Å²) < 4.78 is 2.42. The molecule has 0 radical (unpaired) electrons. The fraction of sp³-hybridized carbons (Fsp3) is 0.214. The van der Waals surface area contributed by atoms with Gasteiger partial charge in [-0.25, -0.2) is 0 Å². The quantitative estimate of drug-likeness (QED) is 0.618. The van der Waals surface area contributed by atoms with Crippen LogP contribution in [0.25, 0.3) is 0 Å². The van der Waals surface area contributed by atoms with Gasteiger partial charge in [0.25, 0.3) is 0 Å². The predicted octanol–water partition coefficient (Wildman–Crippen LogP) is 0.158. The van der Waals surface area contributed by atoms with Crippen LogP contribution in [0.5, 0.6) is 0 Å². The summed E-state index contributed by atoms with van der Waals surface area (Å²) in [4.78, 5) is 35.0. The van der Waals surface area contributed by atoms with Gasteiger partial charge < -0.3 is 20.2 Å². The van der Waals surface area contributed by atoms with Crippen LogP contribution in [0.4, 0.5) is 11.4 Å².